The zero-order valence-corrected chi connectivity index (χ0v) is 18.5. The fourth-order valence-electron chi connectivity index (χ4n) is 2.92. The number of carbonyl (C=O) groups is 1. The number of phenolic OH excluding ortho intramolecular Hbond substituents is 1. The maximum Gasteiger partial charge on any atom is 0.259 e. The Bertz CT molecular complexity index is 1260. The Morgan fingerprint density at radius 2 is 1.65 bits per heavy atom. The average molecular weight is 491 g/mol. The predicted molar refractivity (Wildman–Crippen MR) is 121 cm³/mol. The molecular formula is C22H11Cl4N3O2. The lowest BCUT2D eigenvalue weighted by Crippen LogP contribution is -2.13. The first-order chi connectivity index (χ1) is 14.8. The van der Waals surface area contributed by atoms with Crippen LogP contribution in [0.15, 0.2) is 48.5 Å². The van der Waals surface area contributed by atoms with Crippen LogP contribution in [-0.4, -0.2) is 11.0 Å². The van der Waals surface area contributed by atoms with Crippen molar-refractivity contribution < 1.29 is 9.90 Å². The van der Waals surface area contributed by atoms with Gasteiger partial charge in [-0.2, -0.15) is 10.5 Å². The lowest BCUT2D eigenvalue weighted by Gasteiger charge is -2.14. The van der Waals surface area contributed by atoms with E-state index < -0.39 is 17.6 Å². The number of anilines is 1. The highest BCUT2D eigenvalue weighted by molar-refractivity contribution is 6.49. The van der Waals surface area contributed by atoms with Gasteiger partial charge in [-0.3, -0.25) is 4.79 Å². The molecule has 0 aliphatic heterocycles. The molecule has 0 saturated heterocycles. The van der Waals surface area contributed by atoms with Crippen LogP contribution in [0.1, 0.15) is 33.0 Å². The number of nitriles is 2. The van der Waals surface area contributed by atoms with Crippen LogP contribution in [0.3, 0.4) is 0 Å². The van der Waals surface area contributed by atoms with Crippen molar-refractivity contribution in [2.75, 3.05) is 5.32 Å². The van der Waals surface area contributed by atoms with Crippen molar-refractivity contribution >= 4 is 58.0 Å². The second-order valence-corrected chi connectivity index (χ2v) is 7.96. The van der Waals surface area contributed by atoms with Crippen molar-refractivity contribution in [3.8, 4) is 17.9 Å². The number of hydrogen-bond acceptors (Lipinski definition) is 4. The molecule has 0 aromatic heterocycles. The maximum atomic E-state index is 12.6. The van der Waals surface area contributed by atoms with Gasteiger partial charge >= 0.3 is 0 Å². The predicted octanol–water partition coefficient (Wildman–Crippen LogP) is 6.79. The van der Waals surface area contributed by atoms with Crippen LogP contribution in [-0.2, 0) is 0 Å². The van der Waals surface area contributed by atoms with E-state index in [0.717, 1.165) is 0 Å². The van der Waals surface area contributed by atoms with Crippen LogP contribution >= 0.6 is 46.4 Å². The van der Waals surface area contributed by atoms with E-state index in [1.165, 1.54) is 12.1 Å². The number of phenols is 1. The number of aromatic hydroxyl groups is 1. The molecule has 1 atom stereocenters. The molecule has 3 aromatic rings. The van der Waals surface area contributed by atoms with Gasteiger partial charge in [0.2, 0.25) is 0 Å². The molecule has 0 bridgehead atoms. The third-order valence-electron chi connectivity index (χ3n) is 4.46. The van der Waals surface area contributed by atoms with Crippen LogP contribution in [0.5, 0.6) is 5.75 Å². The topological polar surface area (TPSA) is 96.9 Å². The zero-order chi connectivity index (χ0) is 22.7. The second kappa shape index (κ2) is 9.47. The van der Waals surface area contributed by atoms with Gasteiger partial charge in [0.1, 0.15) is 10.8 Å². The fourth-order valence-corrected chi connectivity index (χ4v) is 3.64. The van der Waals surface area contributed by atoms with Gasteiger partial charge in [0.05, 0.1) is 39.2 Å². The van der Waals surface area contributed by atoms with Crippen LogP contribution in [0.4, 0.5) is 5.69 Å². The Morgan fingerprint density at radius 3 is 2.26 bits per heavy atom. The number of carbonyl (C=O) groups excluding carboxylic acids is 1. The van der Waals surface area contributed by atoms with E-state index in [0.29, 0.717) is 16.1 Å². The van der Waals surface area contributed by atoms with E-state index in [-0.39, 0.29) is 31.9 Å². The SMILES string of the molecule is N#Cc1cc(NC(=O)c2cc(Cl)c(Cl)c(Cl)c2O)ccc1C(C#N)c1ccc(Cl)cc1. The van der Waals surface area contributed by atoms with E-state index in [4.69, 9.17) is 46.4 Å². The van der Waals surface area contributed by atoms with Gasteiger partial charge in [-0.15, -0.1) is 0 Å². The second-order valence-electron chi connectivity index (χ2n) is 6.36. The van der Waals surface area contributed by atoms with E-state index in [2.05, 4.69) is 11.4 Å². The number of benzene rings is 3. The molecule has 0 fully saturated rings. The smallest absolute Gasteiger partial charge is 0.259 e. The number of hydrogen-bond donors (Lipinski definition) is 2. The minimum atomic E-state index is -0.704. The molecule has 1 unspecified atom stereocenters. The van der Waals surface area contributed by atoms with Crippen LogP contribution in [0.2, 0.25) is 20.1 Å². The molecule has 154 valence electrons. The minimum absolute atomic E-state index is 0.00232. The van der Waals surface area contributed by atoms with Crippen LogP contribution in [0, 0.1) is 22.7 Å². The Hall–Kier alpha value is -2.93. The largest absolute Gasteiger partial charge is 0.505 e. The third-order valence-corrected chi connectivity index (χ3v) is 5.96. The number of halogens is 4. The van der Waals surface area contributed by atoms with Gasteiger partial charge in [0.15, 0.2) is 0 Å². The monoisotopic (exact) mass is 489 g/mol. The van der Waals surface area contributed by atoms with Gasteiger partial charge < -0.3 is 10.4 Å². The van der Waals surface area contributed by atoms with E-state index in [9.17, 15) is 20.4 Å². The Balaban J connectivity index is 1.94. The van der Waals surface area contributed by atoms with E-state index in [1.807, 2.05) is 6.07 Å². The number of rotatable bonds is 4. The number of nitrogens with zero attached hydrogens (tertiary/aromatic N) is 2. The summed E-state index contributed by atoms with van der Waals surface area (Å²) >= 11 is 23.6. The van der Waals surface area contributed by atoms with Crippen molar-refractivity contribution in [3.63, 3.8) is 0 Å². The Kier molecular flexibility index (Phi) is 6.95. The normalized spacial score (nSPS) is 11.3. The van der Waals surface area contributed by atoms with Gasteiger partial charge in [-0.05, 0) is 41.5 Å². The molecule has 5 nitrogen and oxygen atoms in total. The van der Waals surface area contributed by atoms with Crippen molar-refractivity contribution in [2.45, 2.75) is 5.92 Å². The molecule has 3 aromatic carbocycles. The van der Waals surface area contributed by atoms with Crippen molar-refractivity contribution in [1.29, 1.82) is 10.5 Å². The van der Waals surface area contributed by atoms with E-state index in [1.54, 1.807) is 36.4 Å². The molecule has 0 aliphatic rings. The minimum Gasteiger partial charge on any atom is -0.505 e. The van der Waals surface area contributed by atoms with E-state index >= 15 is 0 Å². The summed E-state index contributed by atoms with van der Waals surface area (Å²) in [7, 11) is 0. The summed E-state index contributed by atoms with van der Waals surface area (Å²) in [5.74, 6) is -1.92. The summed E-state index contributed by atoms with van der Waals surface area (Å²) in [4.78, 5) is 12.6. The molecule has 0 aliphatic carbocycles. The lowest BCUT2D eigenvalue weighted by molar-refractivity contribution is 0.102. The molecule has 2 N–H and O–H groups in total. The van der Waals surface area contributed by atoms with Gasteiger partial charge in [0, 0.05) is 10.7 Å². The fraction of sp³-hybridized carbons (Fsp3) is 0.0455. The van der Waals surface area contributed by atoms with Gasteiger partial charge in [0.25, 0.3) is 5.91 Å². The van der Waals surface area contributed by atoms with Crippen molar-refractivity contribution in [1.82, 2.24) is 0 Å². The van der Waals surface area contributed by atoms with Gasteiger partial charge in [-0.25, -0.2) is 0 Å². The molecule has 0 spiro atoms. The summed E-state index contributed by atoms with van der Waals surface area (Å²) in [5.41, 5.74) is 1.45. The first-order valence-electron chi connectivity index (χ1n) is 8.63. The highest BCUT2D eigenvalue weighted by Gasteiger charge is 2.21. The quantitative estimate of drug-likeness (QED) is 0.393. The highest BCUT2D eigenvalue weighted by Crippen LogP contribution is 2.39. The maximum absolute atomic E-state index is 12.6. The Morgan fingerprint density at radius 1 is 0.968 bits per heavy atom. The molecule has 0 radical (unpaired) electrons. The first kappa shape index (κ1) is 22.7. The zero-order valence-electron chi connectivity index (χ0n) is 15.5. The highest BCUT2D eigenvalue weighted by atomic mass is 35.5. The molecule has 3 rings (SSSR count). The number of nitrogens with one attached hydrogen (secondary N) is 1. The lowest BCUT2D eigenvalue weighted by atomic mass is 9.89. The third kappa shape index (κ3) is 4.71. The average Bonchev–Trinajstić information content (AvgIpc) is 2.77. The summed E-state index contributed by atoms with van der Waals surface area (Å²) in [6.07, 6.45) is 0. The summed E-state index contributed by atoms with van der Waals surface area (Å²) in [6, 6.07) is 16.7. The molecule has 1 amide bonds. The van der Waals surface area contributed by atoms with Crippen LogP contribution in [0.25, 0.3) is 0 Å². The standard InChI is InChI=1S/C22H11Cl4N3O2/c23-13-3-1-11(2-4-13)17(10-28)15-6-5-14(7-12(15)9-27)29-22(31)16-8-18(24)19(25)20(26)21(16)30/h1-8,17,30H,(H,29,31). The summed E-state index contributed by atoms with van der Waals surface area (Å²) < 4.78 is 0. The summed E-state index contributed by atoms with van der Waals surface area (Å²) in [6.45, 7) is 0. The summed E-state index contributed by atoms with van der Waals surface area (Å²) in [5, 5.41) is 32.2. The Labute approximate surface area is 198 Å². The molecule has 9 heteroatoms. The van der Waals surface area contributed by atoms with Crippen molar-refractivity contribution in [2.24, 2.45) is 0 Å². The molecule has 0 heterocycles. The van der Waals surface area contributed by atoms with Crippen molar-refractivity contribution in [3.05, 3.63) is 90.9 Å². The molecule has 0 saturated carbocycles. The molecule has 31 heavy (non-hydrogen) atoms. The number of amides is 1. The first-order valence-corrected chi connectivity index (χ1v) is 10.1. The van der Waals surface area contributed by atoms with Crippen LogP contribution < -0.4 is 5.32 Å². The molecular weight excluding hydrogens is 480 g/mol. The van der Waals surface area contributed by atoms with Gasteiger partial charge in [-0.1, -0.05) is 64.6 Å².